The number of thioether (sulfide) groups is 5. The van der Waals surface area contributed by atoms with Crippen LogP contribution in [-0.2, 0) is 42.9 Å². The van der Waals surface area contributed by atoms with E-state index in [2.05, 4.69) is 48.5 Å². The van der Waals surface area contributed by atoms with Crippen LogP contribution < -0.4 is 0 Å². The summed E-state index contributed by atoms with van der Waals surface area (Å²) in [5, 5.41) is 7.00. The normalized spacial score (nSPS) is 9.04. The average Bonchev–Trinajstić information content (AvgIpc) is 3.08. The van der Waals surface area contributed by atoms with E-state index in [4.69, 9.17) is 19.3 Å². The van der Waals surface area contributed by atoms with Crippen LogP contribution in [0.3, 0.4) is 0 Å². The lowest BCUT2D eigenvalue weighted by molar-refractivity contribution is -0.178. The second-order valence-corrected chi connectivity index (χ2v) is 17.8. The lowest BCUT2D eigenvalue weighted by atomic mass is 10.1. The number of rotatable bonds is 8. The number of carbonyl (C=O) groups is 4. The molecule has 16 heteroatoms. The van der Waals surface area contributed by atoms with Gasteiger partial charge in [0.15, 0.2) is 11.6 Å². The Morgan fingerprint density at radius 3 is 0.648 bits per heavy atom. The van der Waals surface area contributed by atoms with Gasteiger partial charge in [0.05, 0.1) is 8.83 Å². The van der Waals surface area contributed by atoms with Crippen molar-refractivity contribution >= 4 is 94.6 Å². The summed E-state index contributed by atoms with van der Waals surface area (Å²) in [5.74, 6) is 0.213. The van der Waals surface area contributed by atoms with Crippen LogP contribution in [0.4, 0.5) is 0 Å². The van der Waals surface area contributed by atoms with E-state index in [1.807, 2.05) is 82.5 Å². The van der Waals surface area contributed by atoms with E-state index < -0.39 is 11.4 Å². The van der Waals surface area contributed by atoms with Gasteiger partial charge in [0.2, 0.25) is 0 Å². The van der Waals surface area contributed by atoms with Gasteiger partial charge in [0, 0.05) is 56.9 Å². The predicted octanol–water partition coefficient (Wildman–Crippen LogP) is 10.0. The third-order valence-corrected chi connectivity index (χ3v) is 8.96. The molecule has 10 nitrogen and oxygen atoms in total. The van der Waals surface area contributed by atoms with Crippen molar-refractivity contribution < 1.29 is 48.0 Å². The lowest BCUT2D eigenvalue weighted by Gasteiger charge is -2.19. The van der Waals surface area contributed by atoms with Crippen LogP contribution in [0.15, 0.2) is 0 Å². The molecule has 0 fully saturated rings. The molecule has 0 radical (unpaired) electrons. The minimum Gasteiger partial charge on any atom is -0.400 e. The molecule has 0 bridgehead atoms. The summed E-state index contributed by atoms with van der Waals surface area (Å²) in [6.45, 7) is 24.8. The minimum atomic E-state index is -0.597. The molecule has 0 heterocycles. The van der Waals surface area contributed by atoms with Crippen LogP contribution in [0.25, 0.3) is 0 Å². The monoisotopic (exact) mass is 901 g/mol. The molecular weight excluding hydrogens is 809 g/mol. The number of ketones is 4. The molecule has 0 saturated heterocycles. The van der Waals surface area contributed by atoms with Crippen molar-refractivity contribution in [3.05, 3.63) is 0 Å². The molecule has 0 unspecified atom stereocenters. The molecule has 0 rings (SSSR count). The van der Waals surface area contributed by atoms with Crippen molar-refractivity contribution in [1.29, 1.82) is 0 Å². The largest absolute Gasteiger partial charge is 0.400 e. The Bertz CT molecular complexity index is 628. The van der Waals surface area contributed by atoms with Gasteiger partial charge in [-0.25, -0.2) is 0 Å². The Balaban J connectivity index is -0.0000000367. The molecule has 340 valence electrons. The van der Waals surface area contributed by atoms with Crippen LogP contribution in [-0.4, -0.2) is 155 Å². The van der Waals surface area contributed by atoms with E-state index in [1.165, 1.54) is 41.7 Å². The molecule has 0 atom stereocenters. The van der Waals surface area contributed by atoms with E-state index >= 15 is 0 Å². The Morgan fingerprint density at radius 1 is 0.463 bits per heavy atom. The molecular formula is C38H92O10S6. The molecule has 0 aliphatic carbocycles. The van der Waals surface area contributed by atoms with Crippen molar-refractivity contribution in [3.63, 3.8) is 0 Å². The van der Waals surface area contributed by atoms with Gasteiger partial charge in [-0.1, -0.05) is 0 Å². The molecule has 54 heavy (non-hydrogen) atoms. The van der Waals surface area contributed by atoms with E-state index in [-0.39, 0.29) is 27.9 Å². The summed E-state index contributed by atoms with van der Waals surface area (Å²) in [5.41, 5.74) is -0.597. The first-order valence-electron chi connectivity index (χ1n) is 16.2. The zero-order valence-corrected chi connectivity index (χ0v) is 45.6. The number of thiol groups is 1. The highest BCUT2D eigenvalue weighted by atomic mass is 32.2. The number of carbonyl (C=O) groups excluding carboxylic acids is 4. The Hall–Kier alpha value is 0.540. The zero-order chi connectivity index (χ0) is 47.4. The fourth-order valence-electron chi connectivity index (χ4n) is 0.454. The van der Waals surface area contributed by atoms with Gasteiger partial charge in [0.1, 0.15) is 23.0 Å². The SMILES string of the molecule is CC(C)=O.CC(C)=O.CO.COC.COC.COC(C)(C)C(C)=O.COC(C)(C)OC.CS.CSC.CSC.CSC(C)(C)C(C)=O.CSC(C)(C)SC. The van der Waals surface area contributed by atoms with Crippen molar-refractivity contribution in [3.8, 4) is 0 Å². The second-order valence-electron chi connectivity index (χ2n) is 11.6. The van der Waals surface area contributed by atoms with Crippen LogP contribution >= 0.6 is 71.4 Å². The number of hydrogen-bond acceptors (Lipinski definition) is 16. The van der Waals surface area contributed by atoms with Crippen molar-refractivity contribution in [1.82, 2.24) is 0 Å². The first-order valence-corrected chi connectivity index (χ1v) is 24.0. The molecule has 0 aromatic heterocycles. The Kier molecular flexibility index (Phi) is 109. The number of methoxy groups -OCH3 is 5. The zero-order valence-electron chi connectivity index (χ0n) is 40.6. The van der Waals surface area contributed by atoms with Gasteiger partial charge in [-0.2, -0.15) is 47.9 Å². The summed E-state index contributed by atoms with van der Waals surface area (Å²) in [4.78, 5) is 40.1. The number of hydrogen-bond donors (Lipinski definition) is 2. The maximum Gasteiger partial charge on any atom is 0.161 e. The van der Waals surface area contributed by atoms with Gasteiger partial charge >= 0.3 is 0 Å². The van der Waals surface area contributed by atoms with Gasteiger partial charge in [0.25, 0.3) is 0 Å². The van der Waals surface area contributed by atoms with Crippen LogP contribution in [0.2, 0.25) is 0 Å². The maximum absolute atomic E-state index is 10.7. The smallest absolute Gasteiger partial charge is 0.161 e. The molecule has 1 N–H and O–H groups in total. The predicted molar refractivity (Wildman–Crippen MR) is 260 cm³/mol. The molecule has 0 aromatic carbocycles. The van der Waals surface area contributed by atoms with Crippen LogP contribution in [0.1, 0.15) is 96.9 Å². The minimum absolute atomic E-state index is 0.0556. The third-order valence-electron chi connectivity index (χ3n) is 4.68. The Morgan fingerprint density at radius 2 is 0.648 bits per heavy atom. The van der Waals surface area contributed by atoms with Gasteiger partial charge < -0.3 is 38.4 Å². The quantitative estimate of drug-likeness (QED) is 0.177. The highest BCUT2D eigenvalue weighted by molar-refractivity contribution is 8.17. The summed E-state index contributed by atoms with van der Waals surface area (Å²) in [6.07, 6.45) is 16.1. The summed E-state index contributed by atoms with van der Waals surface area (Å²) in [7, 11) is 12.3. The molecule has 0 aliphatic heterocycles. The number of aliphatic hydroxyl groups excluding tert-OH is 1. The Labute approximate surface area is 364 Å². The highest BCUT2D eigenvalue weighted by Crippen LogP contribution is 2.31. The number of ether oxygens (including phenoxy) is 5. The first kappa shape index (κ1) is 86.4. The topological polar surface area (TPSA) is 135 Å². The molecule has 0 spiro atoms. The fraction of sp³-hybridized carbons (Fsp3) is 0.895. The van der Waals surface area contributed by atoms with E-state index in [9.17, 15) is 19.2 Å². The summed E-state index contributed by atoms with van der Waals surface area (Å²) >= 11 is 12.4. The lowest BCUT2D eigenvalue weighted by Crippen LogP contribution is -2.31. The second kappa shape index (κ2) is 68.2. The van der Waals surface area contributed by atoms with E-state index in [0.717, 1.165) is 7.11 Å². The number of aliphatic hydroxyl groups is 1. The fourth-order valence-corrected chi connectivity index (χ4v) is 1.41. The van der Waals surface area contributed by atoms with Gasteiger partial charge in [-0.05, 0) is 147 Å². The molecule has 0 aliphatic rings. The maximum atomic E-state index is 10.7. The summed E-state index contributed by atoms with van der Waals surface area (Å²) in [6, 6.07) is 0. The summed E-state index contributed by atoms with van der Waals surface area (Å²) < 4.78 is 23.3. The van der Waals surface area contributed by atoms with E-state index in [0.29, 0.717) is 4.08 Å². The van der Waals surface area contributed by atoms with Crippen LogP contribution in [0.5, 0.6) is 0 Å². The van der Waals surface area contributed by atoms with Crippen molar-refractivity contribution in [2.75, 3.05) is 107 Å². The van der Waals surface area contributed by atoms with Crippen LogP contribution in [0, 0.1) is 0 Å². The number of Topliss-reactive ketones (excluding diaryl/α,β-unsaturated/α-hetero) is 4. The standard InChI is InChI=1S/C6H12O2.C6H12OS.C5H12O2.C5H12S2.2C3H6O.2C2H6O.2C2H6S.CH4O.CH4S/c2*1-5(7)6(2,3)8-4;2*1-5(2,6-3)7-4;2*1-3(2)4;4*1-3-2;2*1-2/h2*1-4H3;2*1-4H3;2*1-2H3;4*1-2H3;2*2H,1H3. The highest BCUT2D eigenvalue weighted by Gasteiger charge is 2.21. The molecule has 0 amide bonds. The van der Waals surface area contributed by atoms with E-state index in [1.54, 1.807) is 105 Å². The first-order chi connectivity index (χ1) is 24.4. The van der Waals surface area contributed by atoms with Gasteiger partial charge in [-0.3, -0.25) is 9.59 Å². The average molecular weight is 902 g/mol. The van der Waals surface area contributed by atoms with Crippen molar-refractivity contribution in [2.45, 2.75) is 117 Å². The van der Waals surface area contributed by atoms with Gasteiger partial charge in [-0.15, -0.1) is 23.5 Å². The third kappa shape index (κ3) is 150. The molecule has 0 saturated carbocycles. The van der Waals surface area contributed by atoms with Crippen molar-refractivity contribution in [2.24, 2.45) is 0 Å². The molecule has 0 aromatic rings.